The molecule has 1 heterocycles. The summed E-state index contributed by atoms with van der Waals surface area (Å²) in [5, 5.41) is 19.1. The number of carbonyl (C=O) groups excluding carboxylic acids is 2. The first-order valence-corrected chi connectivity index (χ1v) is 17.6. The van der Waals surface area contributed by atoms with Crippen LogP contribution >= 0.6 is 19.4 Å². The minimum atomic E-state index is -4.05. The maximum atomic E-state index is 14.6. The summed E-state index contributed by atoms with van der Waals surface area (Å²) in [6.45, 7) is 1.58. The number of benzene rings is 4. The summed E-state index contributed by atoms with van der Waals surface area (Å²) in [6.07, 6.45) is 5.63. The van der Waals surface area contributed by atoms with Crippen molar-refractivity contribution in [3.63, 3.8) is 0 Å². The monoisotopic (exact) mass is 695 g/mol. The number of carbonyl (C=O) groups is 2. The fraction of sp³-hybridized carbons (Fsp3) is 0.135. The van der Waals surface area contributed by atoms with Crippen LogP contribution in [0.4, 0.5) is 5.69 Å². The Morgan fingerprint density at radius 2 is 1.65 bits per heavy atom. The van der Waals surface area contributed by atoms with Crippen LogP contribution in [0.15, 0.2) is 125 Å². The topological polar surface area (TPSA) is 142 Å². The molecule has 0 saturated heterocycles. The smallest absolute Gasteiger partial charge is 0.417 e. The van der Waals surface area contributed by atoms with Gasteiger partial charge in [0.15, 0.2) is 0 Å². The maximum absolute atomic E-state index is 14.6. The lowest BCUT2D eigenvalue weighted by atomic mass is 10.1. The van der Waals surface area contributed by atoms with E-state index in [0.717, 1.165) is 10.8 Å². The number of rotatable bonds is 13. The van der Waals surface area contributed by atoms with E-state index < -0.39 is 13.7 Å². The molecule has 1 amide bonds. The highest BCUT2D eigenvalue weighted by molar-refractivity contribution is 7.99. The number of ether oxygens (including phenoxy) is 1. The molecule has 252 valence electrons. The van der Waals surface area contributed by atoms with E-state index in [2.05, 4.69) is 25.2 Å². The summed E-state index contributed by atoms with van der Waals surface area (Å²) in [4.78, 5) is 30.0. The molecular formula is C37H38N5O5PS. The zero-order valence-corrected chi connectivity index (χ0v) is 29.3. The van der Waals surface area contributed by atoms with Crippen LogP contribution in [0.5, 0.6) is 5.75 Å². The molecule has 5 aromatic rings. The molecular weight excluding hydrogens is 657 g/mol. The average Bonchev–Trinajstić information content (AvgIpc) is 3.11. The van der Waals surface area contributed by atoms with E-state index in [4.69, 9.17) is 9.93 Å². The van der Waals surface area contributed by atoms with Crippen molar-refractivity contribution in [3.05, 3.63) is 132 Å². The fourth-order valence-corrected chi connectivity index (χ4v) is 7.29. The Bertz CT molecular complexity index is 1980. The lowest BCUT2D eigenvalue weighted by Crippen LogP contribution is -2.30. The van der Waals surface area contributed by atoms with Gasteiger partial charge in [0.1, 0.15) is 12.0 Å². The summed E-state index contributed by atoms with van der Waals surface area (Å²) >= 11 is 1.35. The Balaban J connectivity index is 0.00000174. The zero-order chi connectivity index (χ0) is 35.2. The summed E-state index contributed by atoms with van der Waals surface area (Å²) in [7, 11) is 0.771. The molecule has 2 atom stereocenters. The molecule has 0 spiro atoms. The van der Waals surface area contributed by atoms with Crippen molar-refractivity contribution in [3.8, 4) is 5.75 Å². The van der Waals surface area contributed by atoms with E-state index in [9.17, 15) is 14.2 Å². The van der Waals surface area contributed by atoms with Gasteiger partial charge >= 0.3 is 7.67 Å². The number of hydrogen-bond donors (Lipinski definition) is 4. The van der Waals surface area contributed by atoms with Gasteiger partial charge in [0, 0.05) is 48.2 Å². The van der Waals surface area contributed by atoms with Crippen molar-refractivity contribution in [2.45, 2.75) is 22.8 Å². The number of pyridine rings is 1. The van der Waals surface area contributed by atoms with Crippen LogP contribution in [0.1, 0.15) is 28.5 Å². The van der Waals surface area contributed by atoms with Crippen LogP contribution < -0.4 is 20.0 Å². The minimum absolute atomic E-state index is 0.121. The van der Waals surface area contributed by atoms with Gasteiger partial charge in [0.05, 0.1) is 28.7 Å². The van der Waals surface area contributed by atoms with E-state index in [0.29, 0.717) is 44.3 Å². The van der Waals surface area contributed by atoms with E-state index in [1.54, 1.807) is 82.9 Å². The average molecular weight is 696 g/mol. The van der Waals surface area contributed by atoms with Gasteiger partial charge in [0.25, 0.3) is 5.91 Å². The Hall–Kier alpha value is -5.06. The first-order valence-electron chi connectivity index (χ1n) is 15.2. The van der Waals surface area contributed by atoms with Gasteiger partial charge in [-0.1, -0.05) is 66.4 Å². The van der Waals surface area contributed by atoms with Gasteiger partial charge in [-0.15, -0.1) is 0 Å². The molecule has 1 aromatic heterocycles. The predicted octanol–water partition coefficient (Wildman–Crippen LogP) is 7.87. The van der Waals surface area contributed by atoms with Crippen LogP contribution in [0.3, 0.4) is 0 Å². The van der Waals surface area contributed by atoms with E-state index in [1.165, 1.54) is 11.8 Å². The maximum Gasteiger partial charge on any atom is 0.417 e. The molecule has 12 heteroatoms. The van der Waals surface area contributed by atoms with Crippen molar-refractivity contribution in [1.82, 2.24) is 15.4 Å². The van der Waals surface area contributed by atoms with Crippen LogP contribution in [0.2, 0.25) is 0 Å². The molecule has 2 unspecified atom stereocenters. The highest BCUT2D eigenvalue weighted by Gasteiger charge is 2.29. The number of hydrogen-bond acceptors (Lipinski definition) is 8. The lowest BCUT2D eigenvalue weighted by molar-refractivity contribution is -0.108. The molecule has 0 aliphatic carbocycles. The number of amides is 1. The SMILES string of the molecule is CNC(=O)c1ccccc1Sc1ccc(C(=N)/C=C/c2ccccn2)c(NP(=O)(NC(C)C=O)Oc2cccc3ccccc23)c1.COC. The summed E-state index contributed by atoms with van der Waals surface area (Å²) in [5.41, 5.74) is 2.05. The second-order valence-corrected chi connectivity index (χ2v) is 13.5. The number of aromatic nitrogens is 1. The van der Waals surface area contributed by atoms with Gasteiger partial charge in [-0.05, 0) is 73.0 Å². The van der Waals surface area contributed by atoms with Crippen molar-refractivity contribution in [2.24, 2.45) is 0 Å². The first kappa shape index (κ1) is 36.8. The van der Waals surface area contributed by atoms with E-state index in [-0.39, 0.29) is 11.6 Å². The summed E-state index contributed by atoms with van der Waals surface area (Å²) in [5.74, 6) is 0.135. The minimum Gasteiger partial charge on any atom is -0.417 e. The zero-order valence-electron chi connectivity index (χ0n) is 27.5. The van der Waals surface area contributed by atoms with Crippen LogP contribution in [-0.4, -0.2) is 50.2 Å². The van der Waals surface area contributed by atoms with E-state index >= 15 is 0 Å². The molecule has 0 bridgehead atoms. The molecule has 0 aliphatic rings. The van der Waals surface area contributed by atoms with Gasteiger partial charge in [0.2, 0.25) is 0 Å². The van der Waals surface area contributed by atoms with Gasteiger partial charge in [-0.2, -0.15) is 0 Å². The number of methoxy groups -OCH3 is 1. The number of nitrogens with zero attached hydrogens (tertiary/aromatic N) is 1. The molecule has 0 radical (unpaired) electrons. The molecule has 10 nitrogen and oxygen atoms in total. The quantitative estimate of drug-likeness (QED) is 0.0550. The number of anilines is 1. The van der Waals surface area contributed by atoms with Crippen LogP contribution in [-0.2, 0) is 14.1 Å². The molecule has 0 saturated carbocycles. The molecule has 0 fully saturated rings. The molecule has 4 aromatic carbocycles. The van der Waals surface area contributed by atoms with Crippen LogP contribution in [0, 0.1) is 5.41 Å². The summed E-state index contributed by atoms with van der Waals surface area (Å²) < 4.78 is 25.1. The second kappa shape index (κ2) is 17.9. The molecule has 5 rings (SSSR count). The second-order valence-electron chi connectivity index (χ2n) is 10.6. The first-order chi connectivity index (χ1) is 23.7. The van der Waals surface area contributed by atoms with Crippen molar-refractivity contribution >= 4 is 59.9 Å². The highest BCUT2D eigenvalue weighted by Crippen LogP contribution is 2.47. The van der Waals surface area contributed by atoms with Crippen molar-refractivity contribution in [2.75, 3.05) is 26.4 Å². The Labute approximate surface area is 290 Å². The van der Waals surface area contributed by atoms with Crippen LogP contribution in [0.25, 0.3) is 16.8 Å². The third-order valence-corrected chi connectivity index (χ3v) is 9.60. The van der Waals surface area contributed by atoms with Gasteiger partial charge < -0.3 is 24.8 Å². The van der Waals surface area contributed by atoms with Crippen molar-refractivity contribution < 1.29 is 23.4 Å². The van der Waals surface area contributed by atoms with E-state index in [1.807, 2.05) is 66.7 Å². The Kier molecular flexibility index (Phi) is 13.4. The molecule has 49 heavy (non-hydrogen) atoms. The third kappa shape index (κ3) is 10.2. The lowest BCUT2D eigenvalue weighted by Gasteiger charge is -2.25. The standard InChI is InChI=1S/C35H32N5O4PS.C2H6O/c1-24(23-41)39-45(43,44-33-15-9-11-25-10-3-4-13-28(25)33)40-32-22-27(46-34-16-6-5-14-30(34)35(42)37-2)18-19-29(32)31(36)20-17-26-12-7-8-21-38-26;1-3-2/h3-24,36H,1-2H3,(H,37,42)(H2,39,40,43);1-2H3/b20-17+,36-31?;. The Morgan fingerprint density at radius 3 is 2.39 bits per heavy atom. The normalized spacial score (nSPS) is 12.7. The number of allylic oxidation sites excluding steroid dienone is 1. The number of nitrogens with one attached hydrogen (secondary N) is 4. The number of fused-ring (bicyclic) bond motifs is 1. The summed E-state index contributed by atoms with van der Waals surface area (Å²) in [6, 6.07) is 30.2. The third-order valence-electron chi connectivity index (χ3n) is 6.80. The van der Waals surface area contributed by atoms with Gasteiger partial charge in [-0.3, -0.25) is 14.9 Å². The predicted molar refractivity (Wildman–Crippen MR) is 198 cm³/mol. The fourth-order valence-electron chi connectivity index (χ4n) is 4.60. The largest absolute Gasteiger partial charge is 0.417 e. The Morgan fingerprint density at radius 1 is 0.939 bits per heavy atom. The molecule has 0 aliphatic heterocycles. The van der Waals surface area contributed by atoms with Gasteiger partial charge in [-0.25, -0.2) is 9.65 Å². The number of aldehydes is 1. The highest BCUT2D eigenvalue weighted by atomic mass is 32.2. The van der Waals surface area contributed by atoms with Crippen molar-refractivity contribution in [1.29, 1.82) is 5.41 Å². The molecule has 4 N–H and O–H groups in total.